The number of anilines is 1. The standard InChI is InChI=1S/C16H9ClF2N2O3/c17-12-6-14(19)13(18)5-11(12)16(23)24-8-15(22)21-10-3-1-2-9(4-10)7-20/h1-6H,8H2,(H,21,22). The van der Waals surface area contributed by atoms with Gasteiger partial charge < -0.3 is 10.1 Å². The predicted octanol–water partition coefficient (Wildman–Crippen LogP) is 3.29. The highest BCUT2D eigenvalue weighted by Crippen LogP contribution is 2.20. The van der Waals surface area contributed by atoms with Crippen LogP contribution in [0.4, 0.5) is 14.5 Å². The number of hydrogen-bond acceptors (Lipinski definition) is 4. The molecular weight excluding hydrogens is 342 g/mol. The van der Waals surface area contributed by atoms with Gasteiger partial charge in [0.05, 0.1) is 22.2 Å². The van der Waals surface area contributed by atoms with Gasteiger partial charge in [-0.15, -0.1) is 0 Å². The number of nitriles is 1. The number of carbonyl (C=O) groups excluding carboxylic acids is 2. The molecule has 0 aliphatic heterocycles. The molecule has 8 heteroatoms. The van der Waals surface area contributed by atoms with E-state index in [0.717, 1.165) is 0 Å². The van der Waals surface area contributed by atoms with E-state index in [4.69, 9.17) is 21.6 Å². The molecule has 0 unspecified atom stereocenters. The van der Waals surface area contributed by atoms with Crippen LogP contribution < -0.4 is 5.32 Å². The molecule has 0 bridgehead atoms. The summed E-state index contributed by atoms with van der Waals surface area (Å²) in [6, 6.07) is 9.25. The Morgan fingerprint density at radius 3 is 2.62 bits per heavy atom. The molecule has 2 aromatic rings. The fraction of sp³-hybridized carbons (Fsp3) is 0.0625. The van der Waals surface area contributed by atoms with Crippen molar-refractivity contribution in [1.82, 2.24) is 0 Å². The number of nitrogens with zero attached hydrogens (tertiary/aromatic N) is 1. The molecule has 5 nitrogen and oxygen atoms in total. The Morgan fingerprint density at radius 2 is 1.92 bits per heavy atom. The van der Waals surface area contributed by atoms with Gasteiger partial charge in [0.1, 0.15) is 0 Å². The number of nitrogens with one attached hydrogen (secondary N) is 1. The molecule has 2 rings (SSSR count). The van der Waals surface area contributed by atoms with Crippen LogP contribution in [0.2, 0.25) is 5.02 Å². The lowest BCUT2D eigenvalue weighted by atomic mass is 10.2. The molecule has 122 valence electrons. The highest BCUT2D eigenvalue weighted by molar-refractivity contribution is 6.33. The van der Waals surface area contributed by atoms with Crippen molar-refractivity contribution in [2.45, 2.75) is 0 Å². The molecule has 0 aliphatic rings. The van der Waals surface area contributed by atoms with Gasteiger partial charge in [-0.3, -0.25) is 4.79 Å². The van der Waals surface area contributed by atoms with E-state index >= 15 is 0 Å². The summed E-state index contributed by atoms with van der Waals surface area (Å²) in [4.78, 5) is 23.5. The average Bonchev–Trinajstić information content (AvgIpc) is 2.56. The van der Waals surface area contributed by atoms with Crippen LogP contribution in [0.1, 0.15) is 15.9 Å². The Hall–Kier alpha value is -2.98. The smallest absolute Gasteiger partial charge is 0.340 e. The number of esters is 1. The molecule has 0 radical (unpaired) electrons. The van der Waals surface area contributed by atoms with E-state index in [-0.39, 0.29) is 5.02 Å². The monoisotopic (exact) mass is 350 g/mol. The van der Waals surface area contributed by atoms with E-state index < -0.39 is 35.7 Å². The largest absolute Gasteiger partial charge is 0.452 e. The molecule has 1 amide bonds. The molecule has 0 aromatic heterocycles. The highest BCUT2D eigenvalue weighted by Gasteiger charge is 2.17. The van der Waals surface area contributed by atoms with Crippen molar-refractivity contribution in [2.75, 3.05) is 11.9 Å². The number of ether oxygens (including phenoxy) is 1. The van der Waals surface area contributed by atoms with Gasteiger partial charge in [0.25, 0.3) is 5.91 Å². The lowest BCUT2D eigenvalue weighted by Crippen LogP contribution is -2.21. The maximum atomic E-state index is 13.1. The first kappa shape index (κ1) is 17.4. The van der Waals surface area contributed by atoms with Gasteiger partial charge >= 0.3 is 5.97 Å². The first-order valence-corrected chi connectivity index (χ1v) is 6.90. The quantitative estimate of drug-likeness (QED) is 0.678. The third kappa shape index (κ3) is 4.27. The van der Waals surface area contributed by atoms with Gasteiger partial charge in [-0.05, 0) is 30.3 Å². The summed E-state index contributed by atoms with van der Waals surface area (Å²) >= 11 is 5.64. The number of halogens is 3. The summed E-state index contributed by atoms with van der Waals surface area (Å²) in [5, 5.41) is 10.9. The second-order valence-electron chi connectivity index (χ2n) is 4.56. The van der Waals surface area contributed by atoms with Crippen LogP contribution >= 0.6 is 11.6 Å². The number of amides is 1. The van der Waals surface area contributed by atoms with E-state index in [0.29, 0.717) is 23.4 Å². The summed E-state index contributed by atoms with van der Waals surface area (Å²) in [5.74, 6) is -4.20. The fourth-order valence-electron chi connectivity index (χ4n) is 1.75. The van der Waals surface area contributed by atoms with Crippen molar-refractivity contribution in [3.05, 3.63) is 64.2 Å². The molecule has 0 saturated heterocycles. The van der Waals surface area contributed by atoms with Gasteiger partial charge in [0, 0.05) is 5.69 Å². The van der Waals surface area contributed by atoms with E-state index in [2.05, 4.69) is 5.32 Å². The number of benzene rings is 2. The molecule has 0 spiro atoms. The van der Waals surface area contributed by atoms with Crippen LogP contribution in [-0.4, -0.2) is 18.5 Å². The van der Waals surface area contributed by atoms with Crippen LogP contribution in [0.25, 0.3) is 0 Å². The second kappa shape index (κ2) is 7.53. The maximum Gasteiger partial charge on any atom is 0.340 e. The Kier molecular flexibility index (Phi) is 5.45. The second-order valence-corrected chi connectivity index (χ2v) is 4.97. The van der Waals surface area contributed by atoms with E-state index in [1.807, 2.05) is 6.07 Å². The number of hydrogen-bond donors (Lipinski definition) is 1. The summed E-state index contributed by atoms with van der Waals surface area (Å²) in [5.41, 5.74) is 0.300. The average molecular weight is 351 g/mol. The summed E-state index contributed by atoms with van der Waals surface area (Å²) < 4.78 is 30.8. The van der Waals surface area contributed by atoms with Crippen LogP contribution in [0, 0.1) is 23.0 Å². The Morgan fingerprint density at radius 1 is 1.21 bits per heavy atom. The summed E-state index contributed by atoms with van der Waals surface area (Å²) in [6.07, 6.45) is 0. The third-order valence-electron chi connectivity index (χ3n) is 2.84. The van der Waals surface area contributed by atoms with E-state index in [9.17, 15) is 18.4 Å². The van der Waals surface area contributed by atoms with E-state index in [1.165, 1.54) is 6.07 Å². The summed E-state index contributed by atoms with van der Waals surface area (Å²) in [7, 11) is 0. The molecule has 0 saturated carbocycles. The zero-order valence-electron chi connectivity index (χ0n) is 12.0. The molecule has 2 aromatic carbocycles. The van der Waals surface area contributed by atoms with Gasteiger partial charge in [-0.2, -0.15) is 5.26 Å². The predicted molar refractivity (Wildman–Crippen MR) is 81.4 cm³/mol. The minimum absolute atomic E-state index is 0.332. The minimum Gasteiger partial charge on any atom is -0.452 e. The Balaban J connectivity index is 1.97. The van der Waals surface area contributed by atoms with Crippen LogP contribution in [-0.2, 0) is 9.53 Å². The molecule has 24 heavy (non-hydrogen) atoms. The summed E-state index contributed by atoms with van der Waals surface area (Å²) in [6.45, 7) is -0.662. The first-order valence-electron chi connectivity index (χ1n) is 6.52. The Bertz CT molecular complexity index is 850. The molecule has 1 N–H and O–H groups in total. The highest BCUT2D eigenvalue weighted by atomic mass is 35.5. The fourth-order valence-corrected chi connectivity index (χ4v) is 1.98. The zero-order valence-corrected chi connectivity index (χ0v) is 12.7. The van der Waals surface area contributed by atoms with Gasteiger partial charge in [-0.25, -0.2) is 13.6 Å². The zero-order chi connectivity index (χ0) is 17.7. The SMILES string of the molecule is N#Cc1cccc(NC(=O)COC(=O)c2cc(F)c(F)cc2Cl)c1. The van der Waals surface area contributed by atoms with Gasteiger partial charge in [-0.1, -0.05) is 17.7 Å². The Labute approximate surface area is 140 Å². The number of rotatable bonds is 4. The topological polar surface area (TPSA) is 79.2 Å². The van der Waals surface area contributed by atoms with Crippen LogP contribution in [0.5, 0.6) is 0 Å². The molecule has 0 fully saturated rings. The van der Waals surface area contributed by atoms with Crippen molar-refractivity contribution in [3.8, 4) is 6.07 Å². The first-order chi connectivity index (χ1) is 11.4. The lowest BCUT2D eigenvalue weighted by Gasteiger charge is -2.08. The molecule has 0 atom stereocenters. The van der Waals surface area contributed by atoms with Crippen molar-refractivity contribution < 1.29 is 23.1 Å². The van der Waals surface area contributed by atoms with E-state index in [1.54, 1.807) is 18.2 Å². The molecule has 0 aliphatic carbocycles. The third-order valence-corrected chi connectivity index (χ3v) is 3.15. The van der Waals surface area contributed by atoms with Crippen molar-refractivity contribution in [1.29, 1.82) is 5.26 Å². The minimum atomic E-state index is -1.26. The van der Waals surface area contributed by atoms with Gasteiger partial charge in [0.15, 0.2) is 18.2 Å². The van der Waals surface area contributed by atoms with Crippen LogP contribution in [0.15, 0.2) is 36.4 Å². The van der Waals surface area contributed by atoms with Crippen LogP contribution in [0.3, 0.4) is 0 Å². The van der Waals surface area contributed by atoms with Gasteiger partial charge in [0.2, 0.25) is 0 Å². The maximum absolute atomic E-state index is 13.1. The normalized spacial score (nSPS) is 9.92. The number of carbonyl (C=O) groups is 2. The van der Waals surface area contributed by atoms with Crippen molar-refractivity contribution in [2.24, 2.45) is 0 Å². The molecular formula is C16H9ClF2N2O3. The molecule has 0 heterocycles. The van der Waals surface area contributed by atoms with Crippen molar-refractivity contribution in [3.63, 3.8) is 0 Å². The van der Waals surface area contributed by atoms with Crippen molar-refractivity contribution >= 4 is 29.2 Å². The lowest BCUT2D eigenvalue weighted by molar-refractivity contribution is -0.119.